The molecule has 2 aliphatic rings. The molecule has 5 rings (SSSR count). The number of anilines is 1. The van der Waals surface area contributed by atoms with Crippen molar-refractivity contribution >= 4 is 16.7 Å². The van der Waals surface area contributed by atoms with Gasteiger partial charge in [-0.15, -0.1) is 0 Å². The summed E-state index contributed by atoms with van der Waals surface area (Å²) in [7, 11) is 0. The summed E-state index contributed by atoms with van der Waals surface area (Å²) in [6.45, 7) is 6.88. The molecule has 0 radical (unpaired) electrons. The van der Waals surface area contributed by atoms with Crippen molar-refractivity contribution < 1.29 is 9.13 Å². The molecule has 0 bridgehead atoms. The maximum Gasteiger partial charge on any atom is 0.215 e. The second kappa shape index (κ2) is 7.86. The number of halogens is 1. The number of morpholine rings is 1. The van der Waals surface area contributed by atoms with Gasteiger partial charge in [-0.05, 0) is 44.0 Å². The number of hydrazine groups is 1. The first-order valence-corrected chi connectivity index (χ1v) is 10.4. The fourth-order valence-electron chi connectivity index (χ4n) is 4.26. The van der Waals surface area contributed by atoms with Crippen LogP contribution in [0.3, 0.4) is 0 Å². The van der Waals surface area contributed by atoms with Crippen LogP contribution in [-0.2, 0) is 4.74 Å². The van der Waals surface area contributed by atoms with Gasteiger partial charge in [0, 0.05) is 42.0 Å². The first-order chi connectivity index (χ1) is 14.6. The molecular weight excluding hydrogens is 383 g/mol. The van der Waals surface area contributed by atoms with E-state index in [0.717, 1.165) is 53.1 Å². The highest BCUT2D eigenvalue weighted by atomic mass is 19.1. The minimum absolute atomic E-state index is 0.0968. The summed E-state index contributed by atoms with van der Waals surface area (Å²) in [5.74, 6) is 0.443. The lowest BCUT2D eigenvalue weighted by Crippen LogP contribution is -2.44. The molecule has 2 aliphatic heterocycles. The molecule has 0 spiro atoms. The Labute approximate surface area is 174 Å². The number of rotatable bonds is 3. The standard InChI is InChI=1S/C22H25FN6O/c1-13-9-15(11-25-22(13)23)17-10-19(29-7-8-30-12-14(29)2)27-20-16(17)3-5-24-21(20)18-4-6-26-28-18/h3,5,9-11,14,18,26,28H,4,6-8,12H2,1-2H3/t14-,18?/m1/s1. The predicted octanol–water partition coefficient (Wildman–Crippen LogP) is 2.90. The van der Waals surface area contributed by atoms with Gasteiger partial charge >= 0.3 is 0 Å². The predicted molar refractivity (Wildman–Crippen MR) is 114 cm³/mol. The molecule has 0 aliphatic carbocycles. The van der Waals surface area contributed by atoms with Gasteiger partial charge < -0.3 is 9.64 Å². The Morgan fingerprint density at radius 1 is 1.27 bits per heavy atom. The molecule has 2 saturated heterocycles. The van der Waals surface area contributed by atoms with E-state index in [-0.39, 0.29) is 12.1 Å². The summed E-state index contributed by atoms with van der Waals surface area (Å²) >= 11 is 0. The topological polar surface area (TPSA) is 75.2 Å². The van der Waals surface area contributed by atoms with Gasteiger partial charge in [0.2, 0.25) is 5.95 Å². The van der Waals surface area contributed by atoms with E-state index in [1.165, 1.54) is 0 Å². The van der Waals surface area contributed by atoms with Crippen molar-refractivity contribution in [2.24, 2.45) is 0 Å². The van der Waals surface area contributed by atoms with Crippen molar-refractivity contribution in [2.45, 2.75) is 32.4 Å². The van der Waals surface area contributed by atoms with Crippen LogP contribution in [0.5, 0.6) is 0 Å². The van der Waals surface area contributed by atoms with Crippen LogP contribution in [0, 0.1) is 12.9 Å². The Morgan fingerprint density at radius 2 is 2.17 bits per heavy atom. The monoisotopic (exact) mass is 408 g/mol. The van der Waals surface area contributed by atoms with Crippen molar-refractivity contribution in [3.8, 4) is 11.1 Å². The van der Waals surface area contributed by atoms with Gasteiger partial charge in [0.05, 0.1) is 36.5 Å². The molecule has 3 aromatic heterocycles. The van der Waals surface area contributed by atoms with Gasteiger partial charge in [-0.25, -0.2) is 15.4 Å². The normalized spacial score (nSPS) is 22.0. The van der Waals surface area contributed by atoms with Gasteiger partial charge in [0.25, 0.3) is 0 Å². The second-order valence-corrected chi connectivity index (χ2v) is 7.98. The summed E-state index contributed by atoms with van der Waals surface area (Å²) in [6, 6.07) is 6.23. The molecule has 3 aromatic rings. The third-order valence-corrected chi connectivity index (χ3v) is 5.89. The van der Waals surface area contributed by atoms with E-state index in [0.29, 0.717) is 18.8 Å². The minimum Gasteiger partial charge on any atom is -0.377 e. The fourth-order valence-corrected chi connectivity index (χ4v) is 4.26. The van der Waals surface area contributed by atoms with Crippen molar-refractivity contribution in [3.63, 3.8) is 0 Å². The number of fused-ring (bicyclic) bond motifs is 1. The average Bonchev–Trinajstić information content (AvgIpc) is 3.29. The molecule has 2 fully saturated rings. The number of ether oxygens (including phenoxy) is 1. The summed E-state index contributed by atoms with van der Waals surface area (Å²) in [4.78, 5) is 16.0. The fraction of sp³-hybridized carbons (Fsp3) is 0.409. The zero-order valence-corrected chi connectivity index (χ0v) is 17.2. The number of aryl methyl sites for hydroxylation is 1. The van der Waals surface area contributed by atoms with Crippen LogP contribution in [0.15, 0.2) is 30.6 Å². The van der Waals surface area contributed by atoms with E-state index in [4.69, 9.17) is 9.72 Å². The molecule has 0 amide bonds. The molecule has 30 heavy (non-hydrogen) atoms. The molecule has 0 aromatic carbocycles. The first-order valence-electron chi connectivity index (χ1n) is 10.4. The smallest absolute Gasteiger partial charge is 0.215 e. The lowest BCUT2D eigenvalue weighted by molar-refractivity contribution is 0.0986. The average molecular weight is 408 g/mol. The van der Waals surface area contributed by atoms with Crippen LogP contribution >= 0.6 is 0 Å². The lowest BCUT2D eigenvalue weighted by Gasteiger charge is -2.34. The van der Waals surface area contributed by atoms with Crippen LogP contribution < -0.4 is 15.8 Å². The number of hydrogen-bond donors (Lipinski definition) is 2. The van der Waals surface area contributed by atoms with E-state index in [1.54, 1.807) is 13.1 Å². The molecule has 1 unspecified atom stereocenters. The first kappa shape index (κ1) is 19.3. The quantitative estimate of drug-likeness (QED) is 0.646. The summed E-state index contributed by atoms with van der Waals surface area (Å²) < 4.78 is 19.5. The van der Waals surface area contributed by atoms with Crippen molar-refractivity contribution in [1.82, 2.24) is 25.8 Å². The zero-order valence-electron chi connectivity index (χ0n) is 17.2. The van der Waals surface area contributed by atoms with Crippen molar-refractivity contribution in [1.29, 1.82) is 0 Å². The van der Waals surface area contributed by atoms with Crippen LogP contribution in [0.4, 0.5) is 10.2 Å². The third kappa shape index (κ3) is 3.40. The highest BCUT2D eigenvalue weighted by Gasteiger charge is 2.25. The summed E-state index contributed by atoms with van der Waals surface area (Å²) in [5, 5.41) is 0.992. The number of aromatic nitrogens is 3. The van der Waals surface area contributed by atoms with Gasteiger partial charge in [-0.2, -0.15) is 4.39 Å². The Balaban J connectivity index is 1.74. The van der Waals surface area contributed by atoms with Crippen LogP contribution in [-0.4, -0.2) is 47.3 Å². The summed E-state index contributed by atoms with van der Waals surface area (Å²) in [6.07, 6.45) is 4.36. The van der Waals surface area contributed by atoms with Crippen LogP contribution in [0.1, 0.15) is 30.6 Å². The highest BCUT2D eigenvalue weighted by molar-refractivity contribution is 5.97. The van der Waals surface area contributed by atoms with Crippen LogP contribution in [0.25, 0.3) is 22.0 Å². The Morgan fingerprint density at radius 3 is 2.93 bits per heavy atom. The van der Waals surface area contributed by atoms with E-state index < -0.39 is 5.95 Å². The molecule has 2 N–H and O–H groups in total. The largest absolute Gasteiger partial charge is 0.377 e. The molecular formula is C22H25FN6O. The molecule has 2 atom stereocenters. The number of nitrogens with one attached hydrogen (secondary N) is 2. The third-order valence-electron chi connectivity index (χ3n) is 5.89. The Kier molecular flexibility index (Phi) is 5.06. The lowest BCUT2D eigenvalue weighted by atomic mass is 9.99. The van der Waals surface area contributed by atoms with E-state index in [2.05, 4.69) is 38.7 Å². The Bertz CT molecular complexity index is 1080. The summed E-state index contributed by atoms with van der Waals surface area (Å²) in [5.41, 5.74) is 10.7. The molecule has 8 heteroatoms. The van der Waals surface area contributed by atoms with Crippen LogP contribution in [0.2, 0.25) is 0 Å². The van der Waals surface area contributed by atoms with E-state index in [1.807, 2.05) is 18.3 Å². The minimum atomic E-state index is -0.442. The second-order valence-electron chi connectivity index (χ2n) is 7.98. The van der Waals surface area contributed by atoms with Gasteiger partial charge in [-0.3, -0.25) is 10.4 Å². The van der Waals surface area contributed by atoms with E-state index in [9.17, 15) is 4.39 Å². The molecule has 156 valence electrons. The molecule has 7 nitrogen and oxygen atoms in total. The zero-order chi connectivity index (χ0) is 20.7. The number of pyridine rings is 3. The maximum atomic E-state index is 13.8. The maximum absolute atomic E-state index is 13.8. The van der Waals surface area contributed by atoms with Gasteiger partial charge in [-0.1, -0.05) is 0 Å². The van der Waals surface area contributed by atoms with Crippen molar-refractivity contribution in [2.75, 3.05) is 31.2 Å². The SMILES string of the molecule is Cc1cc(-c2cc(N3CCOC[C@H]3C)nc3c(C4CCNN4)nccc23)cnc1F. The Hall–Kier alpha value is -2.68. The van der Waals surface area contributed by atoms with Gasteiger partial charge in [0.15, 0.2) is 0 Å². The van der Waals surface area contributed by atoms with E-state index >= 15 is 0 Å². The van der Waals surface area contributed by atoms with Crippen molar-refractivity contribution in [3.05, 3.63) is 47.8 Å². The van der Waals surface area contributed by atoms with Gasteiger partial charge in [0.1, 0.15) is 5.82 Å². The molecule has 5 heterocycles. The number of hydrogen-bond acceptors (Lipinski definition) is 7. The highest BCUT2D eigenvalue weighted by Crippen LogP contribution is 2.35. The molecule has 0 saturated carbocycles. The number of nitrogens with zero attached hydrogens (tertiary/aromatic N) is 4.